The smallest absolute Gasteiger partial charge is 0.127 e. The van der Waals surface area contributed by atoms with Crippen molar-refractivity contribution in [3.8, 4) is 22.6 Å². The Morgan fingerprint density at radius 1 is 0.618 bits per heavy atom. The number of hydrogen-bond donors (Lipinski definition) is 0. The lowest BCUT2D eigenvalue weighted by molar-refractivity contribution is 0.0983. The minimum absolute atomic E-state index is 0.416. The van der Waals surface area contributed by atoms with Crippen molar-refractivity contribution < 1.29 is 9.47 Å². The van der Waals surface area contributed by atoms with E-state index in [1.54, 1.807) is 0 Å². The quantitative estimate of drug-likeness (QED) is 0.311. The van der Waals surface area contributed by atoms with Crippen molar-refractivity contribution in [3.63, 3.8) is 0 Å². The Balaban J connectivity index is 1.44. The first-order valence-corrected chi connectivity index (χ1v) is 13.1. The molecular weight excluding hydrogens is 416 g/mol. The summed E-state index contributed by atoms with van der Waals surface area (Å²) in [6, 6.07) is 26.0. The van der Waals surface area contributed by atoms with Crippen LogP contribution in [0.3, 0.4) is 0 Å². The summed E-state index contributed by atoms with van der Waals surface area (Å²) in [6.07, 6.45) is 8.01. The van der Waals surface area contributed by atoms with E-state index in [4.69, 9.17) is 9.47 Å². The summed E-state index contributed by atoms with van der Waals surface area (Å²) < 4.78 is 13.4. The van der Waals surface area contributed by atoms with E-state index in [-0.39, 0.29) is 0 Å². The van der Waals surface area contributed by atoms with Gasteiger partial charge in [0.05, 0.1) is 13.2 Å². The molecule has 4 aromatic rings. The third-order valence-electron chi connectivity index (χ3n) is 8.19. The van der Waals surface area contributed by atoms with Gasteiger partial charge >= 0.3 is 0 Å². The fourth-order valence-electron chi connectivity index (χ4n) is 6.33. The van der Waals surface area contributed by atoms with Crippen LogP contribution in [-0.4, -0.2) is 13.2 Å². The van der Waals surface area contributed by atoms with Gasteiger partial charge in [0.1, 0.15) is 11.5 Å². The van der Waals surface area contributed by atoms with Gasteiger partial charge < -0.3 is 9.47 Å². The molecule has 0 N–H and O–H groups in total. The van der Waals surface area contributed by atoms with Gasteiger partial charge in [-0.15, -0.1) is 0 Å². The van der Waals surface area contributed by atoms with Crippen LogP contribution in [0, 0.1) is 17.8 Å². The maximum Gasteiger partial charge on any atom is 0.127 e. The van der Waals surface area contributed by atoms with E-state index in [1.807, 2.05) is 0 Å². The molecule has 1 saturated carbocycles. The molecule has 1 aliphatic heterocycles. The summed E-state index contributed by atoms with van der Waals surface area (Å²) in [5.74, 6) is 3.97. The molecule has 0 bridgehead atoms. The van der Waals surface area contributed by atoms with Crippen LogP contribution in [0.25, 0.3) is 32.7 Å². The van der Waals surface area contributed by atoms with Crippen molar-refractivity contribution in [2.45, 2.75) is 45.4 Å². The first-order chi connectivity index (χ1) is 16.8. The van der Waals surface area contributed by atoms with Crippen LogP contribution < -0.4 is 9.47 Å². The molecule has 0 saturated heterocycles. The molecule has 2 heteroatoms. The molecule has 34 heavy (non-hydrogen) atoms. The molecule has 1 aliphatic carbocycles. The molecule has 2 aliphatic rings. The molecule has 0 radical (unpaired) electrons. The molecule has 0 unspecified atom stereocenters. The van der Waals surface area contributed by atoms with Crippen molar-refractivity contribution >= 4 is 21.5 Å². The van der Waals surface area contributed by atoms with Gasteiger partial charge in [0.15, 0.2) is 0 Å². The highest BCUT2D eigenvalue weighted by Crippen LogP contribution is 2.47. The van der Waals surface area contributed by atoms with Crippen LogP contribution in [0.2, 0.25) is 0 Å². The minimum atomic E-state index is 0.416. The second kappa shape index (κ2) is 9.33. The van der Waals surface area contributed by atoms with E-state index >= 15 is 0 Å². The Morgan fingerprint density at radius 3 is 1.68 bits per heavy atom. The largest absolute Gasteiger partial charge is 0.492 e. The molecule has 0 aromatic heterocycles. The molecule has 6 rings (SSSR count). The summed E-state index contributed by atoms with van der Waals surface area (Å²) in [4.78, 5) is 0. The molecule has 2 nitrogen and oxygen atoms in total. The molecule has 1 fully saturated rings. The zero-order chi connectivity index (χ0) is 22.9. The fraction of sp³-hybridized carbons (Fsp3) is 0.375. The van der Waals surface area contributed by atoms with Gasteiger partial charge in [0.2, 0.25) is 0 Å². The van der Waals surface area contributed by atoms with Gasteiger partial charge in [-0.05, 0) is 58.4 Å². The van der Waals surface area contributed by atoms with Crippen LogP contribution >= 0.6 is 0 Å². The number of fused-ring (bicyclic) bond motifs is 7. The van der Waals surface area contributed by atoms with Crippen LogP contribution in [0.15, 0.2) is 72.8 Å². The summed E-state index contributed by atoms with van der Waals surface area (Å²) in [7, 11) is 0. The third-order valence-corrected chi connectivity index (χ3v) is 8.19. The first-order valence-electron chi connectivity index (χ1n) is 13.1. The predicted octanol–water partition coefficient (Wildman–Crippen LogP) is 8.65. The highest BCUT2D eigenvalue weighted by atomic mass is 16.5. The van der Waals surface area contributed by atoms with E-state index in [2.05, 4.69) is 79.7 Å². The van der Waals surface area contributed by atoms with Crippen LogP contribution in [0.4, 0.5) is 0 Å². The van der Waals surface area contributed by atoms with Crippen molar-refractivity contribution in [1.29, 1.82) is 0 Å². The fourth-order valence-corrected chi connectivity index (χ4v) is 6.33. The highest BCUT2D eigenvalue weighted by Gasteiger charge is 2.30. The zero-order valence-electron chi connectivity index (χ0n) is 20.1. The lowest BCUT2D eigenvalue weighted by Gasteiger charge is -2.33. The molecule has 4 aromatic carbocycles. The second-order valence-electron chi connectivity index (χ2n) is 10.3. The average molecular weight is 451 g/mol. The predicted molar refractivity (Wildman–Crippen MR) is 142 cm³/mol. The Kier molecular flexibility index (Phi) is 5.91. The van der Waals surface area contributed by atoms with Gasteiger partial charge in [0, 0.05) is 17.0 Å². The molecule has 0 atom stereocenters. The van der Waals surface area contributed by atoms with Gasteiger partial charge in [-0.3, -0.25) is 0 Å². The van der Waals surface area contributed by atoms with Crippen LogP contribution in [-0.2, 0) is 0 Å². The number of ether oxygens (including phenoxy) is 2. The number of rotatable bonds is 3. The number of benzene rings is 4. The molecular formula is C32H34O2. The van der Waals surface area contributed by atoms with E-state index in [1.165, 1.54) is 60.1 Å². The topological polar surface area (TPSA) is 18.5 Å². The maximum absolute atomic E-state index is 6.68. The Bertz CT molecular complexity index is 1210. The zero-order valence-corrected chi connectivity index (χ0v) is 20.1. The second-order valence-corrected chi connectivity index (χ2v) is 10.3. The Labute approximate surface area is 202 Å². The standard InChI is InChI=1S/C32H34O2/c1-2-7-22-12-14-23(15-13-22)26-20-33-29-18-16-24-8-3-5-10-27(24)31(29)32-28-11-6-4-9-25(28)17-19-30(32)34-21-26/h3-6,8-11,16-19,22-23,26H,2,7,12-15,20-21H2,1H3/t22-,23-. The summed E-state index contributed by atoms with van der Waals surface area (Å²) >= 11 is 0. The number of hydrogen-bond acceptors (Lipinski definition) is 2. The van der Waals surface area contributed by atoms with Gasteiger partial charge in [0.25, 0.3) is 0 Å². The minimum Gasteiger partial charge on any atom is -0.492 e. The summed E-state index contributed by atoms with van der Waals surface area (Å²) in [5.41, 5.74) is 2.33. The van der Waals surface area contributed by atoms with Crippen molar-refractivity contribution in [1.82, 2.24) is 0 Å². The van der Waals surface area contributed by atoms with Crippen molar-refractivity contribution in [2.24, 2.45) is 17.8 Å². The lowest BCUT2D eigenvalue weighted by Crippen LogP contribution is -2.30. The normalized spacial score (nSPS) is 21.0. The summed E-state index contributed by atoms with van der Waals surface area (Å²) in [5, 5.41) is 4.90. The lowest BCUT2D eigenvalue weighted by atomic mass is 9.75. The van der Waals surface area contributed by atoms with E-state index < -0.39 is 0 Å². The van der Waals surface area contributed by atoms with Gasteiger partial charge in [-0.1, -0.05) is 93.3 Å². The van der Waals surface area contributed by atoms with Crippen molar-refractivity contribution in [3.05, 3.63) is 72.8 Å². The van der Waals surface area contributed by atoms with E-state index in [0.717, 1.165) is 41.8 Å². The molecule has 174 valence electrons. The van der Waals surface area contributed by atoms with Gasteiger partial charge in [-0.2, -0.15) is 0 Å². The Hall–Kier alpha value is -3.00. The first kappa shape index (κ1) is 21.5. The monoisotopic (exact) mass is 450 g/mol. The van der Waals surface area contributed by atoms with Crippen molar-refractivity contribution in [2.75, 3.05) is 13.2 Å². The van der Waals surface area contributed by atoms with E-state index in [0.29, 0.717) is 11.8 Å². The third kappa shape index (κ3) is 3.94. The molecule has 0 amide bonds. The highest BCUT2D eigenvalue weighted by molar-refractivity contribution is 6.09. The van der Waals surface area contributed by atoms with E-state index in [9.17, 15) is 0 Å². The average Bonchev–Trinajstić information content (AvgIpc) is 2.97. The maximum atomic E-state index is 6.68. The Morgan fingerprint density at radius 2 is 1.15 bits per heavy atom. The molecule has 0 spiro atoms. The molecule has 1 heterocycles. The van der Waals surface area contributed by atoms with Gasteiger partial charge in [-0.25, -0.2) is 0 Å². The van der Waals surface area contributed by atoms with Crippen LogP contribution in [0.5, 0.6) is 11.5 Å². The SMILES string of the molecule is CCC[C@H]1CC[C@H](C2COc3ccc4ccccc4c3-c3c(ccc4ccccc34)OC2)CC1. The summed E-state index contributed by atoms with van der Waals surface area (Å²) in [6.45, 7) is 3.76. The van der Waals surface area contributed by atoms with Crippen LogP contribution in [0.1, 0.15) is 45.4 Å².